The highest BCUT2D eigenvalue weighted by Crippen LogP contribution is 2.13. The molecule has 9 nitrogen and oxygen atoms in total. The van der Waals surface area contributed by atoms with Crippen molar-refractivity contribution in [1.29, 1.82) is 0 Å². The molecule has 24 heavy (non-hydrogen) atoms. The van der Waals surface area contributed by atoms with Crippen LogP contribution in [0.3, 0.4) is 0 Å². The Morgan fingerprint density at radius 2 is 1.88 bits per heavy atom. The number of aromatic nitrogens is 2. The number of likely N-dealkylation sites (tertiary alicyclic amines) is 1. The summed E-state index contributed by atoms with van der Waals surface area (Å²) in [5.41, 5.74) is -1.49. The molecule has 1 aromatic rings. The molecule has 1 atom stereocenters. The van der Waals surface area contributed by atoms with Gasteiger partial charge in [-0.3, -0.25) is 14.2 Å². The molecule has 0 spiro atoms. The summed E-state index contributed by atoms with van der Waals surface area (Å²) in [7, 11) is -1.49. The lowest BCUT2D eigenvalue weighted by atomic mass is 10.1. The van der Waals surface area contributed by atoms with E-state index in [-0.39, 0.29) is 18.5 Å². The number of aryl methyl sites for hydroxylation is 1. The first-order chi connectivity index (χ1) is 11.1. The van der Waals surface area contributed by atoms with Crippen LogP contribution in [-0.4, -0.2) is 47.5 Å². The van der Waals surface area contributed by atoms with Crippen LogP contribution in [0.4, 0.5) is 0 Å². The van der Waals surface area contributed by atoms with E-state index in [1.807, 2.05) is 0 Å². The van der Waals surface area contributed by atoms with E-state index in [1.54, 1.807) is 11.8 Å². The van der Waals surface area contributed by atoms with Crippen molar-refractivity contribution in [3.05, 3.63) is 27.0 Å². The first kappa shape index (κ1) is 18.4. The number of sulfonamides is 1. The second-order valence-corrected chi connectivity index (χ2v) is 7.73. The lowest BCUT2D eigenvalue weighted by Crippen LogP contribution is -2.48. The largest absolute Gasteiger partial charge is 0.339 e. The summed E-state index contributed by atoms with van der Waals surface area (Å²) < 4.78 is 28.9. The molecule has 1 aliphatic heterocycles. The number of nitrogens with zero attached hydrogens (tertiary/aromatic N) is 3. The topological polar surface area (TPSA) is 110 Å². The maximum absolute atomic E-state index is 12.4. The summed E-state index contributed by atoms with van der Waals surface area (Å²) in [6, 6.07) is -0.316. The highest BCUT2D eigenvalue weighted by atomic mass is 32.2. The van der Waals surface area contributed by atoms with Crippen molar-refractivity contribution in [2.45, 2.75) is 37.1 Å². The maximum Gasteiger partial charge on any atom is 0.330 e. The van der Waals surface area contributed by atoms with Crippen LogP contribution in [0, 0.1) is 0 Å². The minimum atomic E-state index is -4.08. The van der Waals surface area contributed by atoms with Gasteiger partial charge in [-0.15, -0.1) is 0 Å². The number of hydrogen-bond donors (Lipinski definition) is 1. The summed E-state index contributed by atoms with van der Waals surface area (Å²) in [6.45, 7) is 2.36. The van der Waals surface area contributed by atoms with E-state index in [4.69, 9.17) is 0 Å². The molecule has 1 aliphatic rings. The second-order valence-electron chi connectivity index (χ2n) is 6.00. The van der Waals surface area contributed by atoms with Gasteiger partial charge < -0.3 is 9.47 Å². The molecule has 0 saturated carbocycles. The zero-order chi connectivity index (χ0) is 18.1. The van der Waals surface area contributed by atoms with E-state index in [1.165, 1.54) is 14.1 Å². The van der Waals surface area contributed by atoms with Crippen molar-refractivity contribution in [2.75, 3.05) is 13.1 Å². The fourth-order valence-corrected chi connectivity index (χ4v) is 3.95. The molecule has 1 aromatic heterocycles. The number of carbonyl (C=O) groups is 1. The number of rotatable bonds is 5. The zero-order valence-electron chi connectivity index (χ0n) is 14.0. The van der Waals surface area contributed by atoms with Crippen LogP contribution in [0.5, 0.6) is 0 Å². The molecular weight excluding hydrogens is 336 g/mol. The lowest BCUT2D eigenvalue weighted by molar-refractivity contribution is -0.135. The molecule has 10 heteroatoms. The molecule has 0 aromatic carbocycles. The van der Waals surface area contributed by atoms with Gasteiger partial charge in [0.15, 0.2) is 4.90 Å². The maximum atomic E-state index is 12.4. The van der Waals surface area contributed by atoms with Gasteiger partial charge in [0.1, 0.15) is 0 Å². The van der Waals surface area contributed by atoms with Crippen LogP contribution in [0.1, 0.15) is 26.2 Å². The number of nitrogens with one attached hydrogen (secondary N) is 1. The smallest absolute Gasteiger partial charge is 0.330 e. The standard InChI is InChI=1S/C14H22N4O5S/c1-10(18-7-5-4-6-12(18)19)8-15-24(22,23)11-9-16(2)14(21)17(3)13(11)20/h9-10,15H,4-8H2,1-3H3. The number of piperidine rings is 1. The molecule has 2 heterocycles. The van der Waals surface area contributed by atoms with E-state index >= 15 is 0 Å². The van der Waals surface area contributed by atoms with Gasteiger partial charge in [0.05, 0.1) is 0 Å². The molecule has 1 N–H and O–H groups in total. The molecule has 2 rings (SSSR count). The predicted octanol–water partition coefficient (Wildman–Crippen LogP) is -1.24. The second kappa shape index (κ2) is 6.89. The molecule has 134 valence electrons. The monoisotopic (exact) mass is 358 g/mol. The summed E-state index contributed by atoms with van der Waals surface area (Å²) in [5, 5.41) is 0. The fraction of sp³-hybridized carbons (Fsp3) is 0.643. The van der Waals surface area contributed by atoms with Gasteiger partial charge in [-0.25, -0.2) is 17.9 Å². The highest BCUT2D eigenvalue weighted by Gasteiger charge is 2.26. The van der Waals surface area contributed by atoms with Crippen molar-refractivity contribution in [3.8, 4) is 0 Å². The van der Waals surface area contributed by atoms with E-state index in [9.17, 15) is 22.8 Å². The minimum absolute atomic E-state index is 0.0000678. The Morgan fingerprint density at radius 3 is 2.50 bits per heavy atom. The molecule has 0 bridgehead atoms. The third-order valence-electron chi connectivity index (χ3n) is 4.17. The van der Waals surface area contributed by atoms with Crippen LogP contribution < -0.4 is 16.0 Å². The Bertz CT molecular complexity index is 855. The van der Waals surface area contributed by atoms with Gasteiger partial charge in [-0.1, -0.05) is 0 Å². The SMILES string of the molecule is CC(CNS(=O)(=O)c1cn(C)c(=O)n(C)c1=O)N1CCCCC1=O. The van der Waals surface area contributed by atoms with E-state index in [0.717, 1.165) is 28.2 Å². The molecule has 1 saturated heterocycles. The van der Waals surface area contributed by atoms with E-state index in [2.05, 4.69) is 4.72 Å². The fourth-order valence-electron chi connectivity index (χ4n) is 2.67. The van der Waals surface area contributed by atoms with Crippen LogP contribution in [0.2, 0.25) is 0 Å². The van der Waals surface area contributed by atoms with Gasteiger partial charge in [-0.05, 0) is 19.8 Å². The minimum Gasteiger partial charge on any atom is -0.339 e. The van der Waals surface area contributed by atoms with Gasteiger partial charge in [0.2, 0.25) is 15.9 Å². The quantitative estimate of drug-likeness (QED) is 0.708. The van der Waals surface area contributed by atoms with Gasteiger partial charge in [0, 0.05) is 45.8 Å². The number of amides is 1. The molecule has 1 fully saturated rings. The van der Waals surface area contributed by atoms with Crippen molar-refractivity contribution < 1.29 is 13.2 Å². The zero-order valence-corrected chi connectivity index (χ0v) is 14.8. The van der Waals surface area contributed by atoms with Gasteiger partial charge in [0.25, 0.3) is 5.56 Å². The molecule has 0 radical (unpaired) electrons. The predicted molar refractivity (Wildman–Crippen MR) is 87.1 cm³/mol. The van der Waals surface area contributed by atoms with Gasteiger partial charge in [-0.2, -0.15) is 0 Å². The summed E-state index contributed by atoms with van der Waals surface area (Å²) >= 11 is 0. The Kier molecular flexibility index (Phi) is 5.29. The Labute approximate surface area is 139 Å². The molecule has 1 amide bonds. The van der Waals surface area contributed by atoms with Crippen LogP contribution in [-0.2, 0) is 28.9 Å². The number of hydrogen-bond acceptors (Lipinski definition) is 5. The highest BCUT2D eigenvalue weighted by molar-refractivity contribution is 7.89. The van der Waals surface area contributed by atoms with Crippen LogP contribution >= 0.6 is 0 Å². The van der Waals surface area contributed by atoms with Crippen LogP contribution in [0.25, 0.3) is 0 Å². The van der Waals surface area contributed by atoms with Crippen molar-refractivity contribution in [3.63, 3.8) is 0 Å². The van der Waals surface area contributed by atoms with Crippen molar-refractivity contribution in [2.24, 2.45) is 14.1 Å². The molecule has 0 aliphatic carbocycles. The van der Waals surface area contributed by atoms with Gasteiger partial charge >= 0.3 is 5.69 Å². The Hall–Kier alpha value is -1.94. The summed E-state index contributed by atoms with van der Waals surface area (Å²) in [4.78, 5) is 36.7. The first-order valence-electron chi connectivity index (χ1n) is 7.71. The normalized spacial score (nSPS) is 17.1. The Morgan fingerprint density at radius 1 is 1.21 bits per heavy atom. The number of carbonyl (C=O) groups excluding carboxylic acids is 1. The third kappa shape index (κ3) is 3.59. The average molecular weight is 358 g/mol. The van der Waals surface area contributed by atoms with Crippen molar-refractivity contribution >= 4 is 15.9 Å². The van der Waals surface area contributed by atoms with E-state index < -0.39 is 26.2 Å². The average Bonchev–Trinajstić information content (AvgIpc) is 2.54. The van der Waals surface area contributed by atoms with Crippen molar-refractivity contribution in [1.82, 2.24) is 18.8 Å². The first-order valence-corrected chi connectivity index (χ1v) is 9.19. The lowest BCUT2D eigenvalue weighted by Gasteiger charge is -2.32. The van der Waals surface area contributed by atoms with Crippen LogP contribution in [0.15, 0.2) is 20.7 Å². The summed E-state index contributed by atoms with van der Waals surface area (Å²) in [6.07, 6.45) is 3.22. The molecule has 1 unspecified atom stereocenters. The molecular formula is C14H22N4O5S. The third-order valence-corrected chi connectivity index (χ3v) is 5.57. The summed E-state index contributed by atoms with van der Waals surface area (Å²) in [5.74, 6) is 0.00553. The Balaban J connectivity index is 2.19. The van der Waals surface area contributed by atoms with E-state index in [0.29, 0.717) is 13.0 Å².